The fourth-order valence-electron chi connectivity index (χ4n) is 3.78. The SMILES string of the molecule is Cc1ccc(S(=O)(=O)N(Cc2ccccc2)c2ccc(OCC(=O)Nc3ccc(C)c(C)c3)cc2)cc1. The summed E-state index contributed by atoms with van der Waals surface area (Å²) in [6, 6.07) is 28.7. The van der Waals surface area contributed by atoms with Gasteiger partial charge in [0.25, 0.3) is 15.9 Å². The van der Waals surface area contributed by atoms with Gasteiger partial charge < -0.3 is 10.1 Å². The van der Waals surface area contributed by atoms with Crippen LogP contribution in [0.2, 0.25) is 0 Å². The highest BCUT2D eigenvalue weighted by molar-refractivity contribution is 7.92. The van der Waals surface area contributed by atoms with Crippen LogP contribution in [0.4, 0.5) is 11.4 Å². The topological polar surface area (TPSA) is 75.7 Å². The summed E-state index contributed by atoms with van der Waals surface area (Å²) in [5, 5.41) is 2.83. The Morgan fingerprint density at radius 3 is 2.14 bits per heavy atom. The highest BCUT2D eigenvalue weighted by Crippen LogP contribution is 2.28. The van der Waals surface area contributed by atoms with Gasteiger partial charge in [-0.1, -0.05) is 54.1 Å². The summed E-state index contributed by atoms with van der Waals surface area (Å²) in [6.07, 6.45) is 0. The lowest BCUT2D eigenvalue weighted by molar-refractivity contribution is -0.118. The van der Waals surface area contributed by atoms with Gasteiger partial charge in [0.05, 0.1) is 17.1 Å². The first-order valence-corrected chi connectivity index (χ1v) is 13.4. The molecular weight excluding hydrogens is 484 g/mol. The van der Waals surface area contributed by atoms with E-state index in [1.54, 1.807) is 48.5 Å². The molecule has 0 spiro atoms. The van der Waals surface area contributed by atoms with Gasteiger partial charge in [0, 0.05) is 5.69 Å². The molecule has 0 saturated carbocycles. The number of carbonyl (C=O) groups is 1. The molecule has 0 aliphatic heterocycles. The molecule has 0 radical (unpaired) electrons. The molecule has 0 unspecified atom stereocenters. The van der Waals surface area contributed by atoms with Crippen LogP contribution < -0.4 is 14.4 Å². The second kappa shape index (κ2) is 11.3. The van der Waals surface area contributed by atoms with E-state index in [0.717, 1.165) is 22.3 Å². The quantitative estimate of drug-likeness (QED) is 0.296. The maximum atomic E-state index is 13.6. The van der Waals surface area contributed by atoms with E-state index >= 15 is 0 Å². The molecule has 4 aromatic carbocycles. The number of anilines is 2. The molecule has 0 saturated heterocycles. The van der Waals surface area contributed by atoms with Gasteiger partial charge in [0.1, 0.15) is 5.75 Å². The molecule has 6 nitrogen and oxygen atoms in total. The lowest BCUT2D eigenvalue weighted by Crippen LogP contribution is -2.30. The van der Waals surface area contributed by atoms with Gasteiger partial charge in [0.15, 0.2) is 6.61 Å². The molecule has 0 aromatic heterocycles. The van der Waals surface area contributed by atoms with Gasteiger partial charge in [-0.3, -0.25) is 9.10 Å². The predicted molar refractivity (Wildman–Crippen MR) is 147 cm³/mol. The molecule has 0 fully saturated rings. The first-order valence-electron chi connectivity index (χ1n) is 12.0. The Morgan fingerprint density at radius 2 is 1.49 bits per heavy atom. The van der Waals surface area contributed by atoms with Crippen molar-refractivity contribution in [1.29, 1.82) is 0 Å². The highest BCUT2D eigenvalue weighted by Gasteiger charge is 2.25. The number of hydrogen-bond donors (Lipinski definition) is 1. The van der Waals surface area contributed by atoms with Gasteiger partial charge in [-0.2, -0.15) is 0 Å². The van der Waals surface area contributed by atoms with Crippen LogP contribution in [0.5, 0.6) is 5.75 Å². The minimum atomic E-state index is -3.82. The molecule has 0 aliphatic carbocycles. The maximum absolute atomic E-state index is 13.6. The Morgan fingerprint density at radius 1 is 0.811 bits per heavy atom. The standard InChI is InChI=1S/C30H30N2O4S/c1-22-9-17-29(18-10-22)37(34,35)32(20-25-7-5-4-6-8-25)27-13-15-28(16-14-27)36-21-30(33)31-26-12-11-23(2)24(3)19-26/h4-19H,20-21H2,1-3H3,(H,31,33). The van der Waals surface area contributed by atoms with Crippen LogP contribution in [0.3, 0.4) is 0 Å². The van der Waals surface area contributed by atoms with Gasteiger partial charge in [-0.05, 0) is 86.0 Å². The number of aryl methyl sites for hydroxylation is 3. The molecule has 0 aliphatic rings. The van der Waals surface area contributed by atoms with Crippen LogP contribution in [-0.4, -0.2) is 20.9 Å². The van der Waals surface area contributed by atoms with Gasteiger partial charge >= 0.3 is 0 Å². The fourth-order valence-corrected chi connectivity index (χ4v) is 5.23. The fraction of sp³-hybridized carbons (Fsp3) is 0.167. The molecule has 190 valence electrons. The molecule has 37 heavy (non-hydrogen) atoms. The third kappa shape index (κ3) is 6.57. The second-order valence-electron chi connectivity index (χ2n) is 8.94. The number of nitrogens with one attached hydrogen (secondary N) is 1. The molecule has 0 bridgehead atoms. The predicted octanol–water partition coefficient (Wildman–Crippen LogP) is 6.02. The molecule has 7 heteroatoms. The molecular formula is C30H30N2O4S. The average Bonchev–Trinajstić information content (AvgIpc) is 2.89. The van der Waals surface area contributed by atoms with E-state index in [1.807, 2.05) is 69.3 Å². The maximum Gasteiger partial charge on any atom is 0.264 e. The third-order valence-corrected chi connectivity index (χ3v) is 7.85. The van der Waals surface area contributed by atoms with Gasteiger partial charge in [0.2, 0.25) is 0 Å². The Hall–Kier alpha value is -4.10. The van der Waals surface area contributed by atoms with E-state index in [1.165, 1.54) is 4.31 Å². The van der Waals surface area contributed by atoms with E-state index in [-0.39, 0.29) is 24.0 Å². The summed E-state index contributed by atoms with van der Waals surface area (Å²) >= 11 is 0. The van der Waals surface area contributed by atoms with Gasteiger partial charge in [-0.15, -0.1) is 0 Å². The van der Waals surface area contributed by atoms with Crippen molar-refractivity contribution in [3.05, 3.63) is 119 Å². The zero-order valence-electron chi connectivity index (χ0n) is 21.1. The lowest BCUT2D eigenvalue weighted by Gasteiger charge is -2.25. The average molecular weight is 515 g/mol. The Balaban J connectivity index is 1.50. The summed E-state index contributed by atoms with van der Waals surface area (Å²) in [4.78, 5) is 12.6. The molecule has 1 N–H and O–H groups in total. The Labute approximate surface area is 218 Å². The van der Waals surface area contributed by atoms with Crippen LogP contribution in [0.15, 0.2) is 102 Å². The van der Waals surface area contributed by atoms with E-state index < -0.39 is 10.0 Å². The minimum absolute atomic E-state index is 0.165. The summed E-state index contributed by atoms with van der Waals surface area (Å²) in [7, 11) is -3.82. The monoisotopic (exact) mass is 514 g/mol. The van der Waals surface area contributed by atoms with E-state index in [2.05, 4.69) is 5.32 Å². The number of carbonyl (C=O) groups excluding carboxylic acids is 1. The van der Waals surface area contributed by atoms with E-state index in [0.29, 0.717) is 17.1 Å². The van der Waals surface area contributed by atoms with Crippen molar-refractivity contribution in [1.82, 2.24) is 0 Å². The summed E-state index contributed by atoms with van der Waals surface area (Å²) < 4.78 is 34.2. The first kappa shape index (κ1) is 26.0. The van der Waals surface area contributed by atoms with Crippen LogP contribution in [0, 0.1) is 20.8 Å². The van der Waals surface area contributed by atoms with Crippen molar-refractivity contribution in [2.45, 2.75) is 32.2 Å². The number of sulfonamides is 1. The number of ether oxygens (including phenoxy) is 1. The molecule has 0 heterocycles. The van der Waals surface area contributed by atoms with Crippen molar-refractivity contribution >= 4 is 27.3 Å². The molecule has 4 aromatic rings. The van der Waals surface area contributed by atoms with Crippen LogP contribution in [0.1, 0.15) is 22.3 Å². The number of amides is 1. The molecule has 4 rings (SSSR count). The van der Waals surface area contributed by atoms with Crippen molar-refractivity contribution in [2.75, 3.05) is 16.2 Å². The number of hydrogen-bond acceptors (Lipinski definition) is 4. The van der Waals surface area contributed by atoms with Crippen molar-refractivity contribution in [3.63, 3.8) is 0 Å². The summed E-state index contributed by atoms with van der Waals surface area (Å²) in [5.74, 6) is 0.186. The van der Waals surface area contributed by atoms with Crippen molar-refractivity contribution in [3.8, 4) is 5.75 Å². The normalized spacial score (nSPS) is 11.1. The summed E-state index contributed by atoms with van der Waals surface area (Å²) in [5.41, 5.74) is 5.30. The second-order valence-corrected chi connectivity index (χ2v) is 10.8. The first-order chi connectivity index (χ1) is 17.7. The number of benzene rings is 4. The lowest BCUT2D eigenvalue weighted by atomic mass is 10.1. The molecule has 1 amide bonds. The largest absolute Gasteiger partial charge is 0.484 e. The minimum Gasteiger partial charge on any atom is -0.484 e. The van der Waals surface area contributed by atoms with Crippen molar-refractivity contribution in [2.24, 2.45) is 0 Å². The number of rotatable bonds is 9. The van der Waals surface area contributed by atoms with Crippen molar-refractivity contribution < 1.29 is 17.9 Å². The third-order valence-electron chi connectivity index (χ3n) is 6.06. The zero-order valence-corrected chi connectivity index (χ0v) is 22.0. The van der Waals surface area contributed by atoms with Gasteiger partial charge in [-0.25, -0.2) is 8.42 Å². The van der Waals surface area contributed by atoms with E-state index in [4.69, 9.17) is 4.74 Å². The Bertz CT molecular complexity index is 1470. The smallest absolute Gasteiger partial charge is 0.264 e. The van der Waals surface area contributed by atoms with Crippen LogP contribution in [0.25, 0.3) is 0 Å². The van der Waals surface area contributed by atoms with Crippen LogP contribution >= 0.6 is 0 Å². The Kier molecular flexibility index (Phi) is 7.94. The van der Waals surface area contributed by atoms with Crippen LogP contribution in [-0.2, 0) is 21.4 Å². The number of nitrogens with zero attached hydrogens (tertiary/aromatic N) is 1. The summed E-state index contributed by atoms with van der Waals surface area (Å²) in [6.45, 7) is 5.93. The molecule has 0 atom stereocenters. The van der Waals surface area contributed by atoms with E-state index in [9.17, 15) is 13.2 Å². The highest BCUT2D eigenvalue weighted by atomic mass is 32.2. The zero-order chi connectivity index (χ0) is 26.4.